The maximum absolute atomic E-state index is 11.2. The Kier molecular flexibility index (Phi) is 7.42. The zero-order chi connectivity index (χ0) is 11.7. The number of carbonyl (C=O) groups excluding carboxylic acids is 1. The fourth-order valence-electron chi connectivity index (χ4n) is 1.04. The maximum Gasteiger partial charge on any atom is 0.336 e. The van der Waals surface area contributed by atoms with Crippen LogP contribution in [0.5, 0.6) is 0 Å². The van der Waals surface area contributed by atoms with Gasteiger partial charge in [0.2, 0.25) is 6.29 Å². The first-order valence-corrected chi connectivity index (χ1v) is 5.24. The van der Waals surface area contributed by atoms with Crippen molar-refractivity contribution in [1.82, 2.24) is 0 Å². The summed E-state index contributed by atoms with van der Waals surface area (Å²) in [7, 11) is 0. The minimum atomic E-state index is -0.529. The van der Waals surface area contributed by atoms with Crippen molar-refractivity contribution in [1.29, 1.82) is 0 Å². The summed E-state index contributed by atoms with van der Waals surface area (Å²) in [5, 5.41) is 0. The third kappa shape index (κ3) is 6.77. The van der Waals surface area contributed by atoms with Crippen molar-refractivity contribution in [3.63, 3.8) is 0 Å². The Morgan fingerprint density at radius 1 is 1.47 bits per heavy atom. The van der Waals surface area contributed by atoms with E-state index in [4.69, 9.17) is 9.47 Å². The van der Waals surface area contributed by atoms with Crippen molar-refractivity contribution in [2.45, 2.75) is 45.8 Å². The predicted octanol–water partition coefficient (Wildman–Crippen LogP) is 3.17. The topological polar surface area (TPSA) is 35.5 Å². The van der Waals surface area contributed by atoms with Gasteiger partial charge in [-0.05, 0) is 13.3 Å². The highest BCUT2D eigenvalue weighted by Crippen LogP contribution is 2.10. The van der Waals surface area contributed by atoms with Crippen molar-refractivity contribution in [3.05, 3.63) is 25.0 Å². The minimum absolute atomic E-state index is 0.378. The Morgan fingerprint density at radius 2 is 2.13 bits per heavy atom. The molecule has 0 rings (SSSR count). The van der Waals surface area contributed by atoms with E-state index in [1.807, 2.05) is 0 Å². The minimum Gasteiger partial charge on any atom is -0.463 e. The highest BCUT2D eigenvalue weighted by Gasteiger charge is 2.14. The molecule has 0 spiro atoms. The van der Waals surface area contributed by atoms with Crippen LogP contribution in [-0.2, 0) is 14.3 Å². The number of hydrogen-bond donors (Lipinski definition) is 0. The number of ether oxygens (including phenoxy) is 2. The number of rotatable bonds is 8. The van der Waals surface area contributed by atoms with E-state index in [1.165, 1.54) is 6.26 Å². The summed E-state index contributed by atoms with van der Waals surface area (Å²) >= 11 is 0. The van der Waals surface area contributed by atoms with Gasteiger partial charge in [0.1, 0.15) is 0 Å². The van der Waals surface area contributed by atoms with Gasteiger partial charge in [-0.3, -0.25) is 0 Å². The first-order chi connectivity index (χ1) is 7.11. The maximum atomic E-state index is 11.2. The normalized spacial score (nSPS) is 11.6. The van der Waals surface area contributed by atoms with Gasteiger partial charge in [-0.1, -0.05) is 32.9 Å². The number of esters is 1. The van der Waals surface area contributed by atoms with Gasteiger partial charge in [0.05, 0.1) is 6.26 Å². The molecule has 0 heterocycles. The molecule has 0 amide bonds. The Hall–Kier alpha value is -1.25. The fourth-order valence-corrected chi connectivity index (χ4v) is 1.04. The first kappa shape index (κ1) is 13.8. The molecule has 1 atom stereocenters. The summed E-state index contributed by atoms with van der Waals surface area (Å²) in [6, 6.07) is 0. The molecule has 0 aliphatic carbocycles. The molecule has 86 valence electrons. The molecule has 0 bridgehead atoms. The lowest BCUT2D eigenvalue weighted by molar-refractivity contribution is -0.165. The van der Waals surface area contributed by atoms with Crippen LogP contribution in [0.25, 0.3) is 0 Å². The molecule has 0 saturated carbocycles. The molecule has 15 heavy (non-hydrogen) atoms. The Bertz CT molecular complexity index is 221. The van der Waals surface area contributed by atoms with Gasteiger partial charge in [-0.25, -0.2) is 4.79 Å². The molecule has 0 aromatic rings. The Morgan fingerprint density at radius 3 is 2.60 bits per heavy atom. The zero-order valence-electron chi connectivity index (χ0n) is 9.62. The lowest BCUT2D eigenvalue weighted by Gasteiger charge is -2.16. The van der Waals surface area contributed by atoms with Gasteiger partial charge in [-0.2, -0.15) is 0 Å². The highest BCUT2D eigenvalue weighted by molar-refractivity contribution is 5.86. The van der Waals surface area contributed by atoms with E-state index in [1.54, 1.807) is 6.92 Å². The van der Waals surface area contributed by atoms with Crippen LogP contribution in [0, 0.1) is 0 Å². The third-order valence-corrected chi connectivity index (χ3v) is 1.88. The monoisotopic (exact) mass is 212 g/mol. The van der Waals surface area contributed by atoms with Gasteiger partial charge < -0.3 is 9.47 Å². The SMILES string of the molecule is C=COC(CCCCC)OC(=O)C(=C)C. The standard InChI is InChI=1S/C12H20O3/c1-5-7-8-9-11(14-6-2)15-12(13)10(3)4/h6,11H,2-3,5,7-9H2,1,4H3. The van der Waals surface area contributed by atoms with Crippen LogP contribution in [0.4, 0.5) is 0 Å². The van der Waals surface area contributed by atoms with E-state index < -0.39 is 12.3 Å². The quantitative estimate of drug-likeness (QED) is 0.204. The van der Waals surface area contributed by atoms with Crippen LogP contribution in [0.3, 0.4) is 0 Å². The molecule has 0 aliphatic heterocycles. The summed E-state index contributed by atoms with van der Waals surface area (Å²) in [5.41, 5.74) is 0.378. The van der Waals surface area contributed by atoms with Crippen molar-refractivity contribution >= 4 is 5.97 Å². The first-order valence-electron chi connectivity index (χ1n) is 5.24. The van der Waals surface area contributed by atoms with Crippen molar-refractivity contribution in [2.24, 2.45) is 0 Å². The number of unbranched alkanes of at least 4 members (excludes halogenated alkanes) is 2. The summed E-state index contributed by atoms with van der Waals surface area (Å²) < 4.78 is 10.2. The molecular formula is C12H20O3. The molecule has 0 aliphatic rings. The highest BCUT2D eigenvalue weighted by atomic mass is 16.7. The second-order valence-electron chi connectivity index (χ2n) is 3.41. The molecule has 0 radical (unpaired) electrons. The Balaban J connectivity index is 3.97. The molecule has 3 nitrogen and oxygen atoms in total. The van der Waals surface area contributed by atoms with Gasteiger partial charge >= 0.3 is 5.97 Å². The van der Waals surface area contributed by atoms with Crippen LogP contribution in [-0.4, -0.2) is 12.3 Å². The second kappa shape index (κ2) is 8.09. The van der Waals surface area contributed by atoms with Crippen LogP contribution < -0.4 is 0 Å². The van der Waals surface area contributed by atoms with Crippen LogP contribution >= 0.6 is 0 Å². The number of hydrogen-bond acceptors (Lipinski definition) is 3. The number of carbonyl (C=O) groups is 1. The van der Waals surface area contributed by atoms with E-state index in [9.17, 15) is 4.79 Å². The summed E-state index contributed by atoms with van der Waals surface area (Å²) in [6.07, 6.45) is 4.65. The average Bonchev–Trinajstić information content (AvgIpc) is 2.18. The molecule has 1 unspecified atom stereocenters. The average molecular weight is 212 g/mol. The molecule has 0 N–H and O–H groups in total. The molecular weight excluding hydrogens is 192 g/mol. The summed E-state index contributed by atoms with van der Waals surface area (Å²) in [6.45, 7) is 10.7. The Labute approximate surface area is 91.8 Å². The summed E-state index contributed by atoms with van der Waals surface area (Å²) in [5.74, 6) is -0.418. The molecule has 0 fully saturated rings. The largest absolute Gasteiger partial charge is 0.463 e. The van der Waals surface area contributed by atoms with Crippen molar-refractivity contribution in [2.75, 3.05) is 0 Å². The van der Waals surface area contributed by atoms with Crippen molar-refractivity contribution in [3.8, 4) is 0 Å². The van der Waals surface area contributed by atoms with Crippen LogP contribution in [0.1, 0.15) is 39.5 Å². The van der Waals surface area contributed by atoms with Gasteiger partial charge in [0, 0.05) is 12.0 Å². The van der Waals surface area contributed by atoms with E-state index in [0.717, 1.165) is 19.3 Å². The molecule has 3 heteroatoms. The van der Waals surface area contributed by atoms with Gasteiger partial charge in [-0.15, -0.1) is 0 Å². The van der Waals surface area contributed by atoms with Crippen LogP contribution in [0.2, 0.25) is 0 Å². The third-order valence-electron chi connectivity index (χ3n) is 1.88. The zero-order valence-corrected chi connectivity index (χ0v) is 9.62. The second-order valence-corrected chi connectivity index (χ2v) is 3.41. The van der Waals surface area contributed by atoms with E-state index in [0.29, 0.717) is 12.0 Å². The van der Waals surface area contributed by atoms with Crippen molar-refractivity contribution < 1.29 is 14.3 Å². The molecule has 0 saturated heterocycles. The van der Waals surface area contributed by atoms with Crippen LogP contribution in [0.15, 0.2) is 25.0 Å². The molecule has 0 aromatic heterocycles. The lowest BCUT2D eigenvalue weighted by atomic mass is 10.2. The lowest BCUT2D eigenvalue weighted by Crippen LogP contribution is -2.19. The predicted molar refractivity (Wildman–Crippen MR) is 60.1 cm³/mol. The fraction of sp³-hybridized carbons (Fsp3) is 0.583. The van der Waals surface area contributed by atoms with E-state index >= 15 is 0 Å². The summed E-state index contributed by atoms with van der Waals surface area (Å²) in [4.78, 5) is 11.2. The smallest absolute Gasteiger partial charge is 0.336 e. The van der Waals surface area contributed by atoms with Gasteiger partial charge in [0.15, 0.2) is 0 Å². The van der Waals surface area contributed by atoms with E-state index in [-0.39, 0.29) is 0 Å². The van der Waals surface area contributed by atoms with E-state index in [2.05, 4.69) is 20.1 Å². The van der Waals surface area contributed by atoms with Gasteiger partial charge in [0.25, 0.3) is 0 Å². The molecule has 0 aromatic carbocycles.